The molecule has 0 amide bonds. The summed E-state index contributed by atoms with van der Waals surface area (Å²) < 4.78 is 0. The second kappa shape index (κ2) is 4.11. The molecule has 1 aromatic carbocycles. The number of aromatic hydroxyl groups is 1. The lowest BCUT2D eigenvalue weighted by atomic mass is 10.1. The summed E-state index contributed by atoms with van der Waals surface area (Å²) in [6.07, 6.45) is 0.894. The molecule has 1 unspecified atom stereocenters. The minimum absolute atomic E-state index is 0.187. The Morgan fingerprint density at radius 3 is 2.33 bits per heavy atom. The van der Waals surface area contributed by atoms with Crippen LogP contribution in [0.2, 0.25) is 0 Å². The van der Waals surface area contributed by atoms with Crippen molar-refractivity contribution in [3.8, 4) is 5.75 Å². The Balaban J connectivity index is 2.29. The van der Waals surface area contributed by atoms with Crippen LogP contribution in [0.5, 0.6) is 5.75 Å². The average molecular weight is 201 g/mol. The molecule has 1 aromatic heterocycles. The van der Waals surface area contributed by atoms with Crippen LogP contribution in [0.4, 0.5) is 0 Å². The van der Waals surface area contributed by atoms with E-state index in [2.05, 4.69) is 4.98 Å². The Morgan fingerprint density at radius 1 is 1.00 bits per heavy atom. The molecule has 0 aliphatic heterocycles. The van der Waals surface area contributed by atoms with Crippen molar-refractivity contribution >= 4 is 0 Å². The molecule has 0 aliphatic carbocycles. The molecule has 2 N–H and O–H groups in total. The van der Waals surface area contributed by atoms with Crippen molar-refractivity contribution in [2.75, 3.05) is 0 Å². The largest absolute Gasteiger partial charge is 0.508 e. The van der Waals surface area contributed by atoms with Crippen molar-refractivity contribution in [1.29, 1.82) is 0 Å². The zero-order valence-corrected chi connectivity index (χ0v) is 8.04. The summed E-state index contributed by atoms with van der Waals surface area (Å²) in [7, 11) is 0. The van der Waals surface area contributed by atoms with Gasteiger partial charge in [-0.15, -0.1) is 0 Å². The first-order valence-corrected chi connectivity index (χ1v) is 4.65. The molecule has 0 fully saturated rings. The zero-order valence-electron chi connectivity index (χ0n) is 8.04. The van der Waals surface area contributed by atoms with Gasteiger partial charge in [0.05, 0.1) is 5.69 Å². The summed E-state index contributed by atoms with van der Waals surface area (Å²) >= 11 is 0. The molecule has 76 valence electrons. The molecule has 3 nitrogen and oxygen atoms in total. The molecular weight excluding hydrogens is 190 g/mol. The maximum atomic E-state index is 9.94. The quantitative estimate of drug-likeness (QED) is 0.779. The topological polar surface area (TPSA) is 53.4 Å². The normalized spacial score (nSPS) is 12.3. The molecule has 1 atom stereocenters. The molecule has 0 saturated carbocycles. The highest BCUT2D eigenvalue weighted by atomic mass is 16.3. The molecule has 0 spiro atoms. The van der Waals surface area contributed by atoms with Gasteiger partial charge in [-0.1, -0.05) is 18.2 Å². The molecule has 0 saturated heterocycles. The number of pyridine rings is 1. The lowest BCUT2D eigenvalue weighted by Crippen LogP contribution is -2.01. The monoisotopic (exact) mass is 201 g/mol. The van der Waals surface area contributed by atoms with E-state index < -0.39 is 6.10 Å². The number of aliphatic hydroxyl groups is 1. The highest BCUT2D eigenvalue weighted by molar-refractivity contribution is 5.30. The van der Waals surface area contributed by atoms with E-state index in [0.717, 1.165) is 0 Å². The average Bonchev–Trinajstić information content (AvgIpc) is 2.30. The van der Waals surface area contributed by atoms with Crippen LogP contribution in [-0.4, -0.2) is 15.2 Å². The van der Waals surface area contributed by atoms with E-state index in [1.54, 1.807) is 42.6 Å². The third kappa shape index (κ3) is 2.14. The summed E-state index contributed by atoms with van der Waals surface area (Å²) in [5.41, 5.74) is 1.31. The summed E-state index contributed by atoms with van der Waals surface area (Å²) in [5, 5.41) is 19.1. The second-order valence-electron chi connectivity index (χ2n) is 3.25. The van der Waals surface area contributed by atoms with E-state index in [4.69, 9.17) is 5.11 Å². The Kier molecular flexibility index (Phi) is 2.65. The highest BCUT2D eigenvalue weighted by Gasteiger charge is 2.10. The number of benzene rings is 1. The Labute approximate surface area is 87.7 Å². The van der Waals surface area contributed by atoms with Gasteiger partial charge in [0, 0.05) is 6.20 Å². The lowest BCUT2D eigenvalue weighted by Gasteiger charge is -2.09. The Bertz CT molecular complexity index is 425. The highest BCUT2D eigenvalue weighted by Crippen LogP contribution is 2.21. The number of hydrogen-bond acceptors (Lipinski definition) is 3. The van der Waals surface area contributed by atoms with Crippen molar-refractivity contribution < 1.29 is 10.2 Å². The van der Waals surface area contributed by atoms with Gasteiger partial charge < -0.3 is 10.2 Å². The first-order valence-electron chi connectivity index (χ1n) is 4.65. The van der Waals surface area contributed by atoms with E-state index >= 15 is 0 Å². The number of rotatable bonds is 2. The molecule has 0 bridgehead atoms. The summed E-state index contributed by atoms with van der Waals surface area (Å²) in [5.74, 6) is 0.187. The predicted molar refractivity (Wildman–Crippen MR) is 56.4 cm³/mol. The van der Waals surface area contributed by atoms with Crippen LogP contribution >= 0.6 is 0 Å². The number of hydrogen-bond donors (Lipinski definition) is 2. The summed E-state index contributed by atoms with van der Waals surface area (Å²) in [6, 6.07) is 11.8. The fourth-order valence-electron chi connectivity index (χ4n) is 1.37. The van der Waals surface area contributed by atoms with Crippen molar-refractivity contribution in [3.63, 3.8) is 0 Å². The predicted octanol–water partition coefficient (Wildman–Crippen LogP) is 1.87. The summed E-state index contributed by atoms with van der Waals surface area (Å²) in [4.78, 5) is 4.06. The van der Waals surface area contributed by atoms with Crippen LogP contribution in [0.15, 0.2) is 48.7 Å². The maximum Gasteiger partial charge on any atom is 0.121 e. The minimum Gasteiger partial charge on any atom is -0.508 e. The van der Waals surface area contributed by atoms with Crippen molar-refractivity contribution in [1.82, 2.24) is 4.98 Å². The SMILES string of the molecule is Oc1ccc(C(O)c2ccccn2)cc1. The van der Waals surface area contributed by atoms with E-state index in [1.165, 1.54) is 0 Å². The van der Waals surface area contributed by atoms with Gasteiger partial charge >= 0.3 is 0 Å². The van der Waals surface area contributed by atoms with Crippen molar-refractivity contribution in [2.24, 2.45) is 0 Å². The number of phenolic OH excluding ortho intramolecular Hbond substituents is 1. The van der Waals surface area contributed by atoms with E-state index in [0.29, 0.717) is 11.3 Å². The van der Waals surface area contributed by atoms with Crippen LogP contribution in [0.25, 0.3) is 0 Å². The van der Waals surface area contributed by atoms with Crippen LogP contribution in [-0.2, 0) is 0 Å². The molecule has 2 aromatic rings. The third-order valence-electron chi connectivity index (χ3n) is 2.18. The van der Waals surface area contributed by atoms with Crippen LogP contribution in [0, 0.1) is 0 Å². The van der Waals surface area contributed by atoms with Gasteiger partial charge in [0.25, 0.3) is 0 Å². The smallest absolute Gasteiger partial charge is 0.121 e. The van der Waals surface area contributed by atoms with Crippen LogP contribution in [0.1, 0.15) is 17.4 Å². The number of aromatic nitrogens is 1. The van der Waals surface area contributed by atoms with Crippen molar-refractivity contribution in [2.45, 2.75) is 6.10 Å². The fraction of sp³-hybridized carbons (Fsp3) is 0.0833. The van der Waals surface area contributed by atoms with Gasteiger partial charge in [-0.2, -0.15) is 0 Å². The fourth-order valence-corrected chi connectivity index (χ4v) is 1.37. The Hall–Kier alpha value is -1.87. The first kappa shape index (κ1) is 9.68. The number of nitrogens with zero attached hydrogens (tertiary/aromatic N) is 1. The molecule has 0 aliphatic rings. The van der Waals surface area contributed by atoms with Crippen molar-refractivity contribution in [3.05, 3.63) is 59.9 Å². The second-order valence-corrected chi connectivity index (χ2v) is 3.25. The lowest BCUT2D eigenvalue weighted by molar-refractivity contribution is 0.215. The molecule has 3 heteroatoms. The molecule has 15 heavy (non-hydrogen) atoms. The molecule has 2 rings (SSSR count). The van der Waals surface area contributed by atoms with Crippen LogP contribution in [0.3, 0.4) is 0 Å². The molecule has 0 radical (unpaired) electrons. The zero-order chi connectivity index (χ0) is 10.7. The van der Waals surface area contributed by atoms with Gasteiger partial charge in [-0.25, -0.2) is 0 Å². The van der Waals surface area contributed by atoms with Gasteiger partial charge in [-0.05, 0) is 29.8 Å². The third-order valence-corrected chi connectivity index (χ3v) is 2.18. The van der Waals surface area contributed by atoms with E-state index in [-0.39, 0.29) is 5.75 Å². The standard InChI is InChI=1S/C12H11NO2/c14-10-6-4-9(5-7-10)12(15)11-3-1-2-8-13-11/h1-8,12,14-15H. The van der Waals surface area contributed by atoms with Gasteiger partial charge in [-0.3, -0.25) is 4.98 Å². The van der Waals surface area contributed by atoms with E-state index in [1.807, 2.05) is 6.07 Å². The van der Waals surface area contributed by atoms with Gasteiger partial charge in [0.2, 0.25) is 0 Å². The molecular formula is C12H11NO2. The number of aliphatic hydroxyl groups excluding tert-OH is 1. The summed E-state index contributed by atoms with van der Waals surface area (Å²) in [6.45, 7) is 0. The minimum atomic E-state index is -0.744. The van der Waals surface area contributed by atoms with Gasteiger partial charge in [0.1, 0.15) is 11.9 Å². The number of phenols is 1. The van der Waals surface area contributed by atoms with Crippen LogP contribution < -0.4 is 0 Å². The Morgan fingerprint density at radius 2 is 1.73 bits per heavy atom. The van der Waals surface area contributed by atoms with Gasteiger partial charge in [0.15, 0.2) is 0 Å². The maximum absolute atomic E-state index is 9.94. The molecule has 1 heterocycles. The first-order chi connectivity index (χ1) is 7.27. The van der Waals surface area contributed by atoms with E-state index in [9.17, 15) is 5.11 Å².